The second-order valence-electron chi connectivity index (χ2n) is 3.33. The van der Waals surface area contributed by atoms with Gasteiger partial charge in [0.05, 0.1) is 0 Å². The zero-order valence-electron chi connectivity index (χ0n) is 8.79. The van der Waals surface area contributed by atoms with Crippen LogP contribution in [0.3, 0.4) is 0 Å². The Bertz CT molecular complexity index is 383. The lowest BCUT2D eigenvalue weighted by Gasteiger charge is -2.06. The van der Waals surface area contributed by atoms with Crippen molar-refractivity contribution in [1.29, 1.82) is 0 Å². The highest BCUT2D eigenvalue weighted by Gasteiger charge is 2.01. The lowest BCUT2D eigenvalue weighted by Crippen LogP contribution is -1.99. The van der Waals surface area contributed by atoms with Gasteiger partial charge in [0.2, 0.25) is 0 Å². The molecule has 0 spiro atoms. The molecule has 0 saturated carbocycles. The van der Waals surface area contributed by atoms with Gasteiger partial charge in [-0.1, -0.05) is 23.7 Å². The summed E-state index contributed by atoms with van der Waals surface area (Å²) >= 11 is 5.50. The van der Waals surface area contributed by atoms with E-state index in [1.807, 2.05) is 13.0 Å². The van der Waals surface area contributed by atoms with Crippen LogP contribution in [0, 0.1) is 0 Å². The van der Waals surface area contributed by atoms with Crippen molar-refractivity contribution in [2.24, 2.45) is 0 Å². The second kappa shape index (κ2) is 5.56. The van der Waals surface area contributed by atoms with Gasteiger partial charge in [-0.3, -0.25) is 4.79 Å². The van der Waals surface area contributed by atoms with Crippen LogP contribution in [0.1, 0.15) is 24.2 Å². The predicted octanol–water partition coefficient (Wildman–Crippen LogP) is 3.41. The zero-order valence-corrected chi connectivity index (χ0v) is 9.54. The average Bonchev–Trinajstić information content (AvgIpc) is 2.26. The molecule has 0 N–H and O–H groups in total. The molecule has 0 unspecified atom stereocenters. The van der Waals surface area contributed by atoms with E-state index in [0.29, 0.717) is 17.9 Å². The fourth-order valence-corrected chi connectivity index (χ4v) is 1.10. The van der Waals surface area contributed by atoms with Gasteiger partial charge in [0, 0.05) is 11.1 Å². The van der Waals surface area contributed by atoms with Crippen LogP contribution in [0.15, 0.2) is 35.4 Å². The van der Waals surface area contributed by atoms with Crippen LogP contribution >= 0.6 is 11.6 Å². The lowest BCUT2D eigenvalue weighted by atomic mass is 10.1. The van der Waals surface area contributed by atoms with Crippen molar-refractivity contribution in [3.63, 3.8) is 0 Å². The molecule has 2 nitrogen and oxygen atoms in total. The summed E-state index contributed by atoms with van der Waals surface area (Å²) in [6.45, 7) is 3.84. The zero-order chi connectivity index (χ0) is 11.3. The van der Waals surface area contributed by atoms with Crippen LogP contribution in [0.5, 0.6) is 5.75 Å². The molecule has 1 aromatic rings. The molecule has 0 aliphatic carbocycles. The number of ether oxygens (including phenoxy) is 1. The van der Waals surface area contributed by atoms with Crippen LogP contribution < -0.4 is 4.74 Å². The van der Waals surface area contributed by atoms with Crippen molar-refractivity contribution in [1.82, 2.24) is 0 Å². The van der Waals surface area contributed by atoms with E-state index in [9.17, 15) is 4.79 Å². The Kier molecular flexibility index (Phi) is 4.37. The maximum absolute atomic E-state index is 11.1. The molecule has 1 aromatic carbocycles. The Hall–Kier alpha value is -1.28. The van der Waals surface area contributed by atoms with Crippen LogP contribution in [0.4, 0.5) is 0 Å². The summed E-state index contributed by atoms with van der Waals surface area (Å²) in [5.41, 5.74) is 3.07. The highest BCUT2D eigenvalue weighted by molar-refractivity contribution is 6.25. The molecular formula is C12H13ClO2. The average molecular weight is 225 g/mol. The van der Waals surface area contributed by atoms with E-state index in [4.69, 9.17) is 16.3 Å². The molecule has 80 valence electrons. The Balaban J connectivity index is 2.70. The third-order valence-corrected chi connectivity index (χ3v) is 2.27. The van der Waals surface area contributed by atoms with Crippen molar-refractivity contribution in [2.45, 2.75) is 13.8 Å². The van der Waals surface area contributed by atoms with E-state index in [-0.39, 0.29) is 5.78 Å². The minimum Gasteiger partial charge on any atom is -0.489 e. The molecule has 3 heteroatoms. The molecule has 0 heterocycles. The molecule has 0 fully saturated rings. The monoisotopic (exact) mass is 224 g/mol. The topological polar surface area (TPSA) is 26.3 Å². The van der Waals surface area contributed by atoms with Crippen molar-refractivity contribution in [2.75, 3.05) is 6.61 Å². The van der Waals surface area contributed by atoms with E-state index >= 15 is 0 Å². The van der Waals surface area contributed by atoms with Gasteiger partial charge in [0.25, 0.3) is 0 Å². The number of hydrogen-bond donors (Lipinski definition) is 0. The highest BCUT2D eigenvalue weighted by atomic mass is 35.5. The van der Waals surface area contributed by atoms with Gasteiger partial charge in [-0.15, -0.1) is 0 Å². The largest absolute Gasteiger partial charge is 0.489 e. The number of carbonyl (C=O) groups is 1. The number of ketones is 1. The SMILES string of the molecule is CC(=O)c1cccc(OC/C(C)=C/Cl)c1. The van der Waals surface area contributed by atoms with E-state index in [2.05, 4.69) is 0 Å². The Labute approximate surface area is 94.5 Å². The van der Waals surface area contributed by atoms with E-state index in [0.717, 1.165) is 5.57 Å². The molecule has 0 atom stereocenters. The van der Waals surface area contributed by atoms with E-state index in [1.165, 1.54) is 12.5 Å². The first kappa shape index (κ1) is 11.8. The van der Waals surface area contributed by atoms with Gasteiger partial charge in [-0.2, -0.15) is 0 Å². The summed E-state index contributed by atoms with van der Waals surface area (Å²) in [5, 5.41) is 0. The van der Waals surface area contributed by atoms with Crippen LogP contribution in [-0.2, 0) is 0 Å². The molecular weight excluding hydrogens is 212 g/mol. The van der Waals surface area contributed by atoms with Crippen molar-refractivity contribution >= 4 is 17.4 Å². The van der Waals surface area contributed by atoms with Gasteiger partial charge in [0.15, 0.2) is 5.78 Å². The minimum atomic E-state index is 0.0325. The number of carbonyl (C=O) groups excluding carboxylic acids is 1. The Morgan fingerprint density at radius 2 is 2.20 bits per heavy atom. The fraction of sp³-hybridized carbons (Fsp3) is 0.250. The van der Waals surface area contributed by atoms with Crippen molar-refractivity contribution in [3.05, 3.63) is 40.9 Å². The van der Waals surface area contributed by atoms with E-state index in [1.54, 1.807) is 18.2 Å². The first-order valence-electron chi connectivity index (χ1n) is 4.63. The van der Waals surface area contributed by atoms with Gasteiger partial charge in [-0.25, -0.2) is 0 Å². The number of Topliss-reactive ketones (excluding diaryl/α,β-unsaturated/α-hetero) is 1. The Morgan fingerprint density at radius 1 is 1.47 bits per heavy atom. The molecule has 0 aliphatic heterocycles. The van der Waals surface area contributed by atoms with Gasteiger partial charge in [-0.05, 0) is 31.6 Å². The van der Waals surface area contributed by atoms with Crippen molar-refractivity contribution < 1.29 is 9.53 Å². The van der Waals surface area contributed by atoms with Gasteiger partial charge >= 0.3 is 0 Å². The first-order chi connectivity index (χ1) is 7.13. The van der Waals surface area contributed by atoms with E-state index < -0.39 is 0 Å². The number of hydrogen-bond acceptors (Lipinski definition) is 2. The third kappa shape index (κ3) is 3.76. The summed E-state index contributed by atoms with van der Waals surface area (Å²) in [6.07, 6.45) is 0. The quantitative estimate of drug-likeness (QED) is 0.733. The van der Waals surface area contributed by atoms with Crippen molar-refractivity contribution in [3.8, 4) is 5.75 Å². The standard InChI is InChI=1S/C12H13ClO2/c1-9(7-13)8-15-12-5-3-4-11(6-12)10(2)14/h3-7H,8H2,1-2H3/b9-7+. The molecule has 0 saturated heterocycles. The Morgan fingerprint density at radius 3 is 2.80 bits per heavy atom. The smallest absolute Gasteiger partial charge is 0.159 e. The molecule has 0 bridgehead atoms. The number of rotatable bonds is 4. The van der Waals surface area contributed by atoms with Crippen LogP contribution in [-0.4, -0.2) is 12.4 Å². The fourth-order valence-electron chi connectivity index (χ4n) is 1.03. The number of halogens is 1. The third-order valence-electron chi connectivity index (χ3n) is 1.89. The summed E-state index contributed by atoms with van der Waals surface area (Å²) < 4.78 is 5.44. The second-order valence-corrected chi connectivity index (χ2v) is 3.55. The van der Waals surface area contributed by atoms with Crippen LogP contribution in [0.2, 0.25) is 0 Å². The summed E-state index contributed by atoms with van der Waals surface area (Å²) in [5.74, 6) is 0.714. The normalized spacial score (nSPS) is 11.3. The molecule has 0 aromatic heterocycles. The summed E-state index contributed by atoms with van der Waals surface area (Å²) in [6, 6.07) is 7.10. The lowest BCUT2D eigenvalue weighted by molar-refractivity contribution is 0.101. The van der Waals surface area contributed by atoms with Gasteiger partial charge in [0.1, 0.15) is 12.4 Å². The maximum Gasteiger partial charge on any atom is 0.159 e. The summed E-state index contributed by atoms with van der Waals surface area (Å²) in [7, 11) is 0. The van der Waals surface area contributed by atoms with Gasteiger partial charge < -0.3 is 4.74 Å². The molecule has 0 aliphatic rings. The molecule has 0 amide bonds. The van der Waals surface area contributed by atoms with Crippen LogP contribution in [0.25, 0.3) is 0 Å². The predicted molar refractivity (Wildman–Crippen MR) is 61.6 cm³/mol. The molecule has 15 heavy (non-hydrogen) atoms. The molecule has 1 rings (SSSR count). The maximum atomic E-state index is 11.1. The summed E-state index contributed by atoms with van der Waals surface area (Å²) in [4.78, 5) is 11.1. The minimum absolute atomic E-state index is 0.0325. The first-order valence-corrected chi connectivity index (χ1v) is 5.07. The molecule has 0 radical (unpaired) electrons. The number of benzene rings is 1. The highest BCUT2D eigenvalue weighted by Crippen LogP contribution is 2.14.